The molecule has 0 amide bonds. The van der Waals surface area contributed by atoms with Gasteiger partial charge in [0, 0.05) is 6.92 Å². The fourth-order valence-corrected chi connectivity index (χ4v) is 1.16. The summed E-state index contributed by atoms with van der Waals surface area (Å²) in [5.74, 6) is -0.993. The van der Waals surface area contributed by atoms with Crippen LogP contribution in [0.5, 0.6) is 0 Å². The fraction of sp³-hybridized carbons (Fsp3) is 0.800. The Morgan fingerprint density at radius 3 is 2.31 bits per heavy atom. The van der Waals surface area contributed by atoms with Crippen LogP contribution in [0, 0.1) is 5.92 Å². The van der Waals surface area contributed by atoms with E-state index in [4.69, 9.17) is 0 Å². The molecule has 0 bridgehead atoms. The van der Waals surface area contributed by atoms with Gasteiger partial charge in [0.25, 0.3) is 0 Å². The highest BCUT2D eigenvalue weighted by Gasteiger charge is 2.18. The summed E-state index contributed by atoms with van der Waals surface area (Å²) >= 11 is 0. The summed E-state index contributed by atoms with van der Waals surface area (Å²) in [6.07, 6.45) is 3.63. The van der Waals surface area contributed by atoms with Crippen molar-refractivity contribution in [1.29, 1.82) is 0 Å². The second-order valence-corrected chi connectivity index (χ2v) is 3.16. The van der Waals surface area contributed by atoms with Gasteiger partial charge in [0.1, 0.15) is 0 Å². The van der Waals surface area contributed by atoms with Crippen LogP contribution in [0.2, 0.25) is 0 Å². The van der Waals surface area contributed by atoms with E-state index in [0.29, 0.717) is 0 Å². The maximum Gasteiger partial charge on any atom is 0.316 e. The molecule has 0 heterocycles. The van der Waals surface area contributed by atoms with Gasteiger partial charge in [-0.05, 0) is 12.8 Å². The molecule has 76 valence electrons. The van der Waals surface area contributed by atoms with Crippen LogP contribution in [0.3, 0.4) is 0 Å². The van der Waals surface area contributed by atoms with Gasteiger partial charge in [0.2, 0.25) is 0 Å². The molecule has 3 heteroatoms. The standard InChI is InChI=1S/C10H18O3/c1-4-6-7-9(5-2)10(12)13-8(3)11/h9H,4-7H2,1-3H3. The molecule has 0 aromatic carbocycles. The Morgan fingerprint density at radius 2 is 1.92 bits per heavy atom. The summed E-state index contributed by atoms with van der Waals surface area (Å²) in [5.41, 5.74) is 0. The van der Waals surface area contributed by atoms with Gasteiger partial charge in [-0.2, -0.15) is 0 Å². The Morgan fingerprint density at radius 1 is 1.31 bits per heavy atom. The van der Waals surface area contributed by atoms with Crippen molar-refractivity contribution in [3.05, 3.63) is 0 Å². The van der Waals surface area contributed by atoms with Crippen molar-refractivity contribution in [3.63, 3.8) is 0 Å². The molecule has 1 atom stereocenters. The van der Waals surface area contributed by atoms with Crippen molar-refractivity contribution in [2.75, 3.05) is 0 Å². The summed E-state index contributed by atoms with van der Waals surface area (Å²) in [7, 11) is 0. The zero-order valence-electron chi connectivity index (χ0n) is 8.63. The van der Waals surface area contributed by atoms with Crippen LogP contribution >= 0.6 is 0 Å². The van der Waals surface area contributed by atoms with Crippen molar-refractivity contribution in [2.45, 2.75) is 46.5 Å². The second kappa shape index (κ2) is 6.63. The van der Waals surface area contributed by atoms with E-state index in [1.54, 1.807) is 0 Å². The van der Waals surface area contributed by atoms with E-state index in [0.717, 1.165) is 25.7 Å². The van der Waals surface area contributed by atoms with Crippen LogP contribution < -0.4 is 0 Å². The van der Waals surface area contributed by atoms with Gasteiger partial charge in [-0.15, -0.1) is 0 Å². The van der Waals surface area contributed by atoms with Crippen molar-refractivity contribution in [1.82, 2.24) is 0 Å². The van der Waals surface area contributed by atoms with Crippen LogP contribution in [0.4, 0.5) is 0 Å². The summed E-state index contributed by atoms with van der Waals surface area (Å²) < 4.78 is 4.52. The largest absolute Gasteiger partial charge is 0.393 e. The molecule has 0 fully saturated rings. The normalized spacial score (nSPS) is 12.2. The zero-order valence-corrected chi connectivity index (χ0v) is 8.63. The third-order valence-corrected chi connectivity index (χ3v) is 1.98. The number of esters is 2. The number of hydrogen-bond donors (Lipinski definition) is 0. The van der Waals surface area contributed by atoms with E-state index in [2.05, 4.69) is 11.7 Å². The lowest BCUT2D eigenvalue weighted by atomic mass is 10.00. The molecule has 3 nitrogen and oxygen atoms in total. The molecule has 0 saturated heterocycles. The number of unbranched alkanes of at least 4 members (excludes halogenated alkanes) is 1. The maximum atomic E-state index is 11.2. The Balaban J connectivity index is 3.91. The molecule has 0 aromatic rings. The number of hydrogen-bond acceptors (Lipinski definition) is 3. The van der Waals surface area contributed by atoms with Gasteiger partial charge in [-0.1, -0.05) is 26.7 Å². The second-order valence-electron chi connectivity index (χ2n) is 3.16. The first-order chi connectivity index (χ1) is 6.11. The molecule has 0 saturated carbocycles. The van der Waals surface area contributed by atoms with Crippen LogP contribution in [0.25, 0.3) is 0 Å². The molecular weight excluding hydrogens is 168 g/mol. The molecule has 0 aliphatic rings. The van der Waals surface area contributed by atoms with Crippen molar-refractivity contribution < 1.29 is 14.3 Å². The monoisotopic (exact) mass is 186 g/mol. The molecule has 0 radical (unpaired) electrons. The van der Waals surface area contributed by atoms with Gasteiger partial charge in [-0.25, -0.2) is 0 Å². The summed E-state index contributed by atoms with van der Waals surface area (Å²) in [5, 5.41) is 0. The van der Waals surface area contributed by atoms with E-state index in [1.165, 1.54) is 6.92 Å². The Bertz CT molecular complexity index is 175. The number of carbonyl (C=O) groups excluding carboxylic acids is 2. The van der Waals surface area contributed by atoms with Crippen LogP contribution in [0.1, 0.15) is 46.5 Å². The summed E-state index contributed by atoms with van der Waals surface area (Å²) in [6.45, 7) is 5.26. The molecule has 0 rings (SSSR count). The average Bonchev–Trinajstić information content (AvgIpc) is 2.04. The molecule has 13 heavy (non-hydrogen) atoms. The lowest BCUT2D eigenvalue weighted by Crippen LogP contribution is -2.19. The molecule has 0 aliphatic carbocycles. The highest BCUT2D eigenvalue weighted by atomic mass is 16.6. The van der Waals surface area contributed by atoms with Crippen molar-refractivity contribution in [3.8, 4) is 0 Å². The zero-order chi connectivity index (χ0) is 10.3. The third-order valence-electron chi connectivity index (χ3n) is 1.98. The predicted molar refractivity (Wildman–Crippen MR) is 50.1 cm³/mol. The maximum absolute atomic E-state index is 11.2. The first kappa shape index (κ1) is 12.1. The lowest BCUT2D eigenvalue weighted by Gasteiger charge is -2.11. The molecule has 0 N–H and O–H groups in total. The number of ether oxygens (including phenoxy) is 1. The SMILES string of the molecule is CCCCC(CC)C(=O)OC(C)=O. The summed E-state index contributed by atoms with van der Waals surface area (Å²) in [4.78, 5) is 21.8. The average molecular weight is 186 g/mol. The van der Waals surface area contributed by atoms with E-state index in [-0.39, 0.29) is 11.9 Å². The lowest BCUT2D eigenvalue weighted by molar-refractivity contribution is -0.161. The minimum absolute atomic E-state index is 0.108. The van der Waals surface area contributed by atoms with Crippen molar-refractivity contribution in [2.24, 2.45) is 5.92 Å². The Labute approximate surface area is 79.5 Å². The summed E-state index contributed by atoms with van der Waals surface area (Å²) in [6, 6.07) is 0. The van der Waals surface area contributed by atoms with Gasteiger partial charge >= 0.3 is 11.9 Å². The first-order valence-electron chi connectivity index (χ1n) is 4.84. The first-order valence-corrected chi connectivity index (χ1v) is 4.84. The van der Waals surface area contributed by atoms with E-state index < -0.39 is 5.97 Å². The molecule has 0 aromatic heterocycles. The van der Waals surface area contributed by atoms with Gasteiger partial charge in [0.15, 0.2) is 0 Å². The van der Waals surface area contributed by atoms with Gasteiger partial charge in [0.05, 0.1) is 5.92 Å². The highest BCUT2D eigenvalue weighted by Crippen LogP contribution is 2.14. The minimum atomic E-state index is -0.514. The van der Waals surface area contributed by atoms with Crippen LogP contribution in [0.15, 0.2) is 0 Å². The van der Waals surface area contributed by atoms with E-state index in [9.17, 15) is 9.59 Å². The van der Waals surface area contributed by atoms with Crippen LogP contribution in [-0.4, -0.2) is 11.9 Å². The number of carbonyl (C=O) groups is 2. The number of rotatable bonds is 5. The van der Waals surface area contributed by atoms with Gasteiger partial charge < -0.3 is 4.74 Å². The molecule has 0 aliphatic heterocycles. The smallest absolute Gasteiger partial charge is 0.316 e. The highest BCUT2D eigenvalue weighted by molar-refractivity contribution is 5.85. The molecule has 1 unspecified atom stereocenters. The van der Waals surface area contributed by atoms with E-state index >= 15 is 0 Å². The fourth-order valence-electron chi connectivity index (χ4n) is 1.16. The van der Waals surface area contributed by atoms with E-state index in [1.807, 2.05) is 6.92 Å². The minimum Gasteiger partial charge on any atom is -0.393 e. The Hall–Kier alpha value is -0.860. The third kappa shape index (κ3) is 5.39. The van der Waals surface area contributed by atoms with Crippen molar-refractivity contribution >= 4 is 11.9 Å². The molecular formula is C10H18O3. The quantitative estimate of drug-likeness (QED) is 0.488. The van der Waals surface area contributed by atoms with Crippen LogP contribution in [-0.2, 0) is 14.3 Å². The topological polar surface area (TPSA) is 43.4 Å². The molecule has 0 spiro atoms. The van der Waals surface area contributed by atoms with Gasteiger partial charge in [-0.3, -0.25) is 9.59 Å². The Kier molecular flexibility index (Phi) is 6.20. The predicted octanol–water partition coefficient (Wildman–Crippen LogP) is 2.29.